The van der Waals surface area contributed by atoms with Crippen molar-refractivity contribution in [3.05, 3.63) is 40.7 Å². The Morgan fingerprint density at radius 3 is 2.68 bits per heavy atom. The zero-order valence-electron chi connectivity index (χ0n) is 13.3. The lowest BCUT2D eigenvalue weighted by molar-refractivity contribution is -0.142. The highest BCUT2D eigenvalue weighted by molar-refractivity contribution is 14.0. The molecule has 1 aromatic heterocycles. The molecule has 11 heteroatoms. The van der Waals surface area contributed by atoms with Gasteiger partial charge in [-0.05, 0) is 18.2 Å². The van der Waals surface area contributed by atoms with Gasteiger partial charge in [-0.2, -0.15) is 18.3 Å². The van der Waals surface area contributed by atoms with E-state index in [1.807, 2.05) is 0 Å². The zero-order chi connectivity index (χ0) is 17.9. The van der Waals surface area contributed by atoms with Gasteiger partial charge in [0, 0.05) is 24.5 Å². The fourth-order valence-electron chi connectivity index (χ4n) is 1.99. The van der Waals surface area contributed by atoms with Crippen LogP contribution >= 0.6 is 35.6 Å². The number of nitrogens with two attached hydrogens (primary N) is 1. The molecule has 2 rings (SSSR count). The SMILES string of the molecule is COc1ccc(NC(N)=NCc2cn(C)nc2C(F)(F)F)cc1Cl.I. The summed E-state index contributed by atoms with van der Waals surface area (Å²) in [5.74, 6) is 0.441. The number of nitrogens with one attached hydrogen (secondary N) is 1. The number of nitrogens with zero attached hydrogens (tertiary/aromatic N) is 3. The number of guanidine groups is 1. The highest BCUT2D eigenvalue weighted by Crippen LogP contribution is 2.31. The minimum absolute atomic E-state index is 0. The normalized spacial score (nSPS) is 11.8. The summed E-state index contributed by atoms with van der Waals surface area (Å²) >= 11 is 5.98. The van der Waals surface area contributed by atoms with Crippen molar-refractivity contribution in [3.63, 3.8) is 0 Å². The Kier molecular flexibility index (Phi) is 7.35. The van der Waals surface area contributed by atoms with Crippen LogP contribution < -0.4 is 15.8 Å². The molecule has 0 aliphatic heterocycles. The van der Waals surface area contributed by atoms with E-state index in [0.29, 0.717) is 16.5 Å². The van der Waals surface area contributed by atoms with E-state index in [1.54, 1.807) is 18.2 Å². The summed E-state index contributed by atoms with van der Waals surface area (Å²) in [5.41, 5.74) is 5.18. The highest BCUT2D eigenvalue weighted by atomic mass is 127. The van der Waals surface area contributed by atoms with Crippen molar-refractivity contribution in [2.24, 2.45) is 17.8 Å². The number of rotatable bonds is 4. The Hall–Kier alpha value is -1.69. The van der Waals surface area contributed by atoms with Gasteiger partial charge in [-0.15, -0.1) is 24.0 Å². The maximum absolute atomic E-state index is 12.9. The molecule has 0 spiro atoms. The number of anilines is 1. The lowest BCUT2D eigenvalue weighted by atomic mass is 10.2. The summed E-state index contributed by atoms with van der Waals surface area (Å²) in [4.78, 5) is 3.91. The smallest absolute Gasteiger partial charge is 0.435 e. The third kappa shape index (κ3) is 5.66. The monoisotopic (exact) mass is 489 g/mol. The number of aliphatic imine (C=N–C) groups is 1. The predicted molar refractivity (Wildman–Crippen MR) is 101 cm³/mol. The fourth-order valence-corrected chi connectivity index (χ4v) is 2.25. The van der Waals surface area contributed by atoms with Gasteiger partial charge >= 0.3 is 6.18 Å². The second kappa shape index (κ2) is 8.61. The molecule has 0 fully saturated rings. The Balaban J connectivity index is 0.00000312. The number of aromatic nitrogens is 2. The van der Waals surface area contributed by atoms with Gasteiger partial charge in [0.1, 0.15) is 5.75 Å². The van der Waals surface area contributed by atoms with E-state index in [2.05, 4.69) is 15.4 Å². The van der Waals surface area contributed by atoms with Crippen molar-refractivity contribution in [1.29, 1.82) is 0 Å². The molecule has 0 radical (unpaired) electrons. The van der Waals surface area contributed by atoms with Crippen molar-refractivity contribution in [1.82, 2.24) is 9.78 Å². The van der Waals surface area contributed by atoms with E-state index >= 15 is 0 Å². The average molecular weight is 490 g/mol. The first kappa shape index (κ1) is 21.4. The quantitative estimate of drug-likeness (QED) is 0.391. The molecule has 0 saturated heterocycles. The number of aryl methyl sites for hydroxylation is 1. The first-order chi connectivity index (χ1) is 11.2. The highest BCUT2D eigenvalue weighted by Gasteiger charge is 2.36. The zero-order valence-corrected chi connectivity index (χ0v) is 16.4. The van der Waals surface area contributed by atoms with Crippen LogP contribution in [0.1, 0.15) is 11.3 Å². The molecule has 138 valence electrons. The maximum Gasteiger partial charge on any atom is 0.435 e. The molecular formula is C14H16ClF3IN5O. The molecule has 0 bridgehead atoms. The summed E-state index contributed by atoms with van der Waals surface area (Å²) < 4.78 is 44.7. The van der Waals surface area contributed by atoms with Gasteiger partial charge in [-0.25, -0.2) is 4.99 Å². The summed E-state index contributed by atoms with van der Waals surface area (Å²) in [7, 11) is 2.89. The lowest BCUT2D eigenvalue weighted by Gasteiger charge is -2.09. The van der Waals surface area contributed by atoms with E-state index in [1.165, 1.54) is 20.4 Å². The average Bonchev–Trinajstić information content (AvgIpc) is 2.87. The summed E-state index contributed by atoms with van der Waals surface area (Å²) in [6.45, 7) is -0.259. The van der Waals surface area contributed by atoms with Gasteiger partial charge in [-0.3, -0.25) is 4.68 Å². The molecule has 0 aliphatic carbocycles. The van der Waals surface area contributed by atoms with Crippen molar-refractivity contribution < 1.29 is 17.9 Å². The third-order valence-electron chi connectivity index (χ3n) is 3.02. The van der Waals surface area contributed by atoms with E-state index < -0.39 is 11.9 Å². The number of benzene rings is 1. The molecule has 1 heterocycles. The van der Waals surface area contributed by atoms with Gasteiger partial charge in [0.15, 0.2) is 11.7 Å². The number of hydrogen-bond donors (Lipinski definition) is 2. The van der Waals surface area contributed by atoms with Crippen LogP contribution in [-0.2, 0) is 19.8 Å². The summed E-state index contributed by atoms with van der Waals surface area (Å²) in [6.07, 6.45) is -3.29. The largest absolute Gasteiger partial charge is 0.495 e. The second-order valence-corrected chi connectivity index (χ2v) is 5.26. The number of hydrogen-bond acceptors (Lipinski definition) is 3. The molecule has 2 aromatic rings. The topological polar surface area (TPSA) is 77.5 Å². The standard InChI is InChI=1S/C14H15ClF3N5O.HI/c1-23-7-8(12(22-23)14(16,17)18)6-20-13(19)21-9-3-4-11(24-2)10(15)5-9;/h3-5,7H,6H2,1-2H3,(H3,19,20,21);1H. The predicted octanol–water partition coefficient (Wildman–Crippen LogP) is 3.65. The minimum Gasteiger partial charge on any atom is -0.495 e. The van der Waals surface area contributed by atoms with Crippen LogP contribution in [0.2, 0.25) is 5.02 Å². The molecule has 6 nitrogen and oxygen atoms in total. The minimum atomic E-state index is -4.54. The summed E-state index contributed by atoms with van der Waals surface area (Å²) in [5, 5.41) is 6.52. The number of alkyl halides is 3. The van der Waals surface area contributed by atoms with Gasteiger partial charge < -0.3 is 15.8 Å². The van der Waals surface area contributed by atoms with Crippen LogP contribution in [0.4, 0.5) is 18.9 Å². The van der Waals surface area contributed by atoms with Gasteiger partial charge in [0.05, 0.1) is 18.7 Å². The third-order valence-corrected chi connectivity index (χ3v) is 3.31. The fraction of sp³-hybridized carbons (Fsp3) is 0.286. The first-order valence-corrected chi connectivity index (χ1v) is 7.08. The van der Waals surface area contributed by atoms with Crippen molar-refractivity contribution in [2.75, 3.05) is 12.4 Å². The second-order valence-electron chi connectivity index (χ2n) is 4.85. The number of ether oxygens (including phenoxy) is 1. The molecule has 1 aromatic carbocycles. The van der Waals surface area contributed by atoms with Crippen LogP contribution in [0.25, 0.3) is 0 Å². The lowest BCUT2D eigenvalue weighted by Crippen LogP contribution is -2.22. The maximum atomic E-state index is 12.9. The molecule has 3 N–H and O–H groups in total. The van der Waals surface area contributed by atoms with E-state index in [4.69, 9.17) is 22.1 Å². The number of methoxy groups -OCH3 is 1. The Labute approximate surface area is 164 Å². The molecule has 25 heavy (non-hydrogen) atoms. The Morgan fingerprint density at radius 2 is 2.12 bits per heavy atom. The molecule has 0 atom stereocenters. The van der Waals surface area contributed by atoms with Crippen molar-refractivity contribution >= 4 is 47.2 Å². The molecular weight excluding hydrogens is 474 g/mol. The van der Waals surface area contributed by atoms with Crippen molar-refractivity contribution in [2.45, 2.75) is 12.7 Å². The molecule has 0 aliphatic rings. The van der Waals surface area contributed by atoms with Crippen LogP contribution in [0.15, 0.2) is 29.4 Å². The number of halogens is 5. The molecule has 0 amide bonds. The van der Waals surface area contributed by atoms with Gasteiger partial charge in [0.2, 0.25) is 0 Å². The van der Waals surface area contributed by atoms with Crippen molar-refractivity contribution in [3.8, 4) is 5.75 Å². The molecule has 0 unspecified atom stereocenters. The van der Waals surface area contributed by atoms with Crippen LogP contribution in [0.3, 0.4) is 0 Å². The van der Waals surface area contributed by atoms with Gasteiger partial charge in [-0.1, -0.05) is 11.6 Å². The Morgan fingerprint density at radius 1 is 1.44 bits per heavy atom. The summed E-state index contributed by atoms with van der Waals surface area (Å²) in [6, 6.07) is 4.84. The van der Waals surface area contributed by atoms with Gasteiger partial charge in [0.25, 0.3) is 0 Å². The Bertz CT molecular complexity index is 763. The first-order valence-electron chi connectivity index (χ1n) is 6.71. The van der Waals surface area contributed by atoms with Crippen LogP contribution in [0, 0.1) is 0 Å². The van der Waals surface area contributed by atoms with E-state index in [-0.39, 0.29) is 42.0 Å². The molecule has 0 saturated carbocycles. The van der Waals surface area contributed by atoms with Crippen LogP contribution in [-0.4, -0.2) is 22.8 Å². The van der Waals surface area contributed by atoms with E-state index in [0.717, 1.165) is 4.68 Å². The van der Waals surface area contributed by atoms with Crippen LogP contribution in [0.5, 0.6) is 5.75 Å². The van der Waals surface area contributed by atoms with E-state index in [9.17, 15) is 13.2 Å².